The molecule has 0 spiro atoms. The molecule has 0 aliphatic heterocycles. The molecule has 0 saturated carbocycles. The summed E-state index contributed by atoms with van der Waals surface area (Å²) >= 11 is 0. The van der Waals surface area contributed by atoms with Gasteiger partial charge in [-0.15, -0.1) is 0 Å². The van der Waals surface area contributed by atoms with E-state index >= 15 is 0 Å². The molecule has 4 heteroatoms. The smallest absolute Gasteiger partial charge is 0.251 e. The Hall–Kier alpha value is -1.06. The first-order valence-corrected chi connectivity index (χ1v) is 3.98. The minimum atomic E-state index is -4.34. The normalized spacial score (nSPS) is 11.8. The average Bonchev–Trinajstić information content (AvgIpc) is 2.03. The zero-order chi connectivity index (χ0) is 10.1. The summed E-state index contributed by atoms with van der Waals surface area (Å²) in [7, 11) is 0. The van der Waals surface area contributed by atoms with E-state index in [0.29, 0.717) is 12.0 Å². The van der Waals surface area contributed by atoms with E-state index in [0.717, 1.165) is 11.6 Å². The maximum atomic E-state index is 12.2. The molecular formula is C9H10F3N. The molecule has 0 aromatic carbocycles. The Balaban J connectivity index is 3.14. The molecule has 0 N–H and O–H groups in total. The van der Waals surface area contributed by atoms with Crippen molar-refractivity contribution >= 4 is 0 Å². The Morgan fingerprint density at radius 2 is 2.00 bits per heavy atom. The molecule has 0 bridgehead atoms. The lowest BCUT2D eigenvalue weighted by atomic mass is 10.1. The number of hydrogen-bond donors (Lipinski definition) is 0. The summed E-state index contributed by atoms with van der Waals surface area (Å²) < 4.78 is 36.5. The van der Waals surface area contributed by atoms with Crippen LogP contribution in [0.25, 0.3) is 0 Å². The van der Waals surface area contributed by atoms with E-state index in [9.17, 15) is 13.2 Å². The predicted molar refractivity (Wildman–Crippen MR) is 43.4 cm³/mol. The van der Waals surface area contributed by atoms with E-state index in [4.69, 9.17) is 0 Å². The van der Waals surface area contributed by atoms with Crippen LogP contribution in [0.2, 0.25) is 0 Å². The van der Waals surface area contributed by atoms with Crippen molar-refractivity contribution in [2.75, 3.05) is 0 Å². The number of hydrogen-bond acceptors (Lipinski definition) is 1. The van der Waals surface area contributed by atoms with E-state index < -0.39 is 11.9 Å². The fourth-order valence-electron chi connectivity index (χ4n) is 1.10. The highest BCUT2D eigenvalue weighted by Gasteiger charge is 2.32. The summed E-state index contributed by atoms with van der Waals surface area (Å²) in [5, 5.41) is 0. The summed E-state index contributed by atoms with van der Waals surface area (Å²) in [6, 6.07) is 1.11. The number of rotatable bonds is 1. The fraction of sp³-hybridized carbons (Fsp3) is 0.444. The molecule has 1 nitrogen and oxygen atoms in total. The Labute approximate surface area is 74.6 Å². The van der Waals surface area contributed by atoms with Crippen molar-refractivity contribution in [1.29, 1.82) is 0 Å². The topological polar surface area (TPSA) is 12.9 Å². The van der Waals surface area contributed by atoms with Gasteiger partial charge in [0.25, 0.3) is 0 Å². The van der Waals surface area contributed by atoms with Crippen LogP contribution in [0.5, 0.6) is 0 Å². The molecule has 0 aliphatic rings. The number of halogens is 3. The van der Waals surface area contributed by atoms with Gasteiger partial charge in [0.2, 0.25) is 0 Å². The molecule has 0 amide bonds. The third-order valence-electron chi connectivity index (χ3n) is 1.89. The Morgan fingerprint density at radius 1 is 1.38 bits per heavy atom. The first-order chi connectivity index (χ1) is 5.95. The van der Waals surface area contributed by atoms with Gasteiger partial charge in [-0.2, -0.15) is 13.2 Å². The first kappa shape index (κ1) is 10.0. The van der Waals surface area contributed by atoms with Crippen molar-refractivity contribution in [3.05, 3.63) is 29.1 Å². The molecule has 0 atom stereocenters. The van der Waals surface area contributed by atoms with Crippen LogP contribution >= 0.6 is 0 Å². The van der Waals surface area contributed by atoms with Crippen LogP contribution < -0.4 is 0 Å². The van der Waals surface area contributed by atoms with Crippen LogP contribution in [0.3, 0.4) is 0 Å². The highest BCUT2D eigenvalue weighted by atomic mass is 19.4. The quantitative estimate of drug-likeness (QED) is 0.661. The lowest BCUT2D eigenvalue weighted by Gasteiger charge is -2.08. The highest BCUT2D eigenvalue weighted by molar-refractivity contribution is 5.26. The van der Waals surface area contributed by atoms with Crippen molar-refractivity contribution in [2.45, 2.75) is 26.4 Å². The lowest BCUT2D eigenvalue weighted by Crippen LogP contribution is -2.08. The van der Waals surface area contributed by atoms with Crippen molar-refractivity contribution < 1.29 is 13.2 Å². The van der Waals surface area contributed by atoms with Gasteiger partial charge < -0.3 is 0 Å². The van der Waals surface area contributed by atoms with E-state index in [1.54, 1.807) is 6.92 Å². The van der Waals surface area contributed by atoms with Gasteiger partial charge in [0, 0.05) is 6.20 Å². The Bertz CT molecular complexity index is 304. The summed E-state index contributed by atoms with van der Waals surface area (Å²) in [5.41, 5.74) is 0.688. The number of alkyl halides is 3. The maximum absolute atomic E-state index is 12.2. The Morgan fingerprint density at radius 3 is 2.46 bits per heavy atom. The minimum Gasteiger partial charge on any atom is -0.251 e. The van der Waals surface area contributed by atoms with Crippen LogP contribution in [-0.2, 0) is 12.6 Å². The van der Waals surface area contributed by atoms with Crippen molar-refractivity contribution in [3.8, 4) is 0 Å². The molecule has 1 rings (SSSR count). The molecule has 1 aromatic rings. The van der Waals surface area contributed by atoms with E-state index in [1.165, 1.54) is 6.20 Å². The SMILES string of the molecule is CCc1cc(C(F)(F)F)ncc1C. The second-order valence-electron chi connectivity index (χ2n) is 2.85. The average molecular weight is 189 g/mol. The molecule has 0 unspecified atom stereocenters. The van der Waals surface area contributed by atoms with E-state index in [2.05, 4.69) is 4.98 Å². The third kappa shape index (κ3) is 2.20. The molecule has 0 radical (unpaired) electrons. The Kier molecular flexibility index (Phi) is 2.59. The number of aryl methyl sites for hydroxylation is 2. The molecule has 1 aromatic heterocycles. The van der Waals surface area contributed by atoms with Gasteiger partial charge in [-0.3, -0.25) is 4.98 Å². The summed E-state index contributed by atoms with van der Waals surface area (Å²) in [5.74, 6) is 0. The summed E-state index contributed by atoms with van der Waals surface area (Å²) in [6.45, 7) is 3.58. The zero-order valence-corrected chi connectivity index (χ0v) is 7.44. The largest absolute Gasteiger partial charge is 0.433 e. The predicted octanol–water partition coefficient (Wildman–Crippen LogP) is 2.97. The fourth-order valence-corrected chi connectivity index (χ4v) is 1.10. The van der Waals surface area contributed by atoms with Crippen molar-refractivity contribution in [1.82, 2.24) is 4.98 Å². The standard InChI is InChI=1S/C9H10F3N/c1-3-7-4-8(9(10,11)12)13-5-6(7)2/h4-5H,3H2,1-2H3. The van der Waals surface area contributed by atoms with E-state index in [-0.39, 0.29) is 0 Å². The van der Waals surface area contributed by atoms with E-state index in [1.807, 2.05) is 6.92 Å². The third-order valence-corrected chi connectivity index (χ3v) is 1.89. The lowest BCUT2D eigenvalue weighted by molar-refractivity contribution is -0.141. The van der Waals surface area contributed by atoms with Crippen molar-refractivity contribution in [2.24, 2.45) is 0 Å². The summed E-state index contributed by atoms with van der Waals surface area (Å²) in [6.07, 6.45) is -2.48. The molecular weight excluding hydrogens is 179 g/mol. The van der Waals surface area contributed by atoms with Gasteiger partial charge in [0.15, 0.2) is 0 Å². The minimum absolute atomic E-state index is 0.595. The molecule has 1 heterocycles. The van der Waals surface area contributed by atoms with Gasteiger partial charge in [-0.05, 0) is 30.5 Å². The monoisotopic (exact) mass is 189 g/mol. The summed E-state index contributed by atoms with van der Waals surface area (Å²) in [4.78, 5) is 3.33. The zero-order valence-electron chi connectivity index (χ0n) is 7.44. The molecule has 0 fully saturated rings. The van der Waals surface area contributed by atoms with Crippen LogP contribution in [-0.4, -0.2) is 4.98 Å². The first-order valence-electron chi connectivity index (χ1n) is 3.98. The molecule has 72 valence electrons. The van der Waals surface area contributed by atoms with Crippen LogP contribution in [0, 0.1) is 6.92 Å². The molecule has 0 saturated heterocycles. The number of nitrogens with zero attached hydrogens (tertiary/aromatic N) is 1. The van der Waals surface area contributed by atoms with Crippen LogP contribution in [0.15, 0.2) is 12.3 Å². The van der Waals surface area contributed by atoms with Crippen molar-refractivity contribution in [3.63, 3.8) is 0 Å². The second-order valence-corrected chi connectivity index (χ2v) is 2.85. The number of pyridine rings is 1. The second kappa shape index (κ2) is 3.36. The van der Waals surface area contributed by atoms with Crippen LogP contribution in [0.1, 0.15) is 23.7 Å². The highest BCUT2D eigenvalue weighted by Crippen LogP contribution is 2.28. The van der Waals surface area contributed by atoms with Gasteiger partial charge in [-0.25, -0.2) is 0 Å². The molecule has 13 heavy (non-hydrogen) atoms. The number of aromatic nitrogens is 1. The van der Waals surface area contributed by atoms with Gasteiger partial charge >= 0.3 is 6.18 Å². The van der Waals surface area contributed by atoms with Gasteiger partial charge in [0.05, 0.1) is 0 Å². The van der Waals surface area contributed by atoms with Crippen LogP contribution in [0.4, 0.5) is 13.2 Å². The van der Waals surface area contributed by atoms with Gasteiger partial charge in [-0.1, -0.05) is 6.92 Å². The maximum Gasteiger partial charge on any atom is 0.433 e. The van der Waals surface area contributed by atoms with Gasteiger partial charge in [0.1, 0.15) is 5.69 Å². The molecule has 0 aliphatic carbocycles.